The van der Waals surface area contributed by atoms with E-state index in [1.165, 1.54) is 0 Å². The molecule has 5 nitrogen and oxygen atoms in total. The standard InChI is InChI=1S/C13H23N3O2/c1-4-6-14-12-10-13(16-11(3)15-12)18-9-8-17-7-5-2/h10H,4-9H2,1-3H3,(H,14,15,16). The minimum absolute atomic E-state index is 0.518. The first-order valence-corrected chi connectivity index (χ1v) is 6.56. The van der Waals surface area contributed by atoms with E-state index in [9.17, 15) is 0 Å². The minimum Gasteiger partial charge on any atom is -0.475 e. The zero-order chi connectivity index (χ0) is 13.2. The van der Waals surface area contributed by atoms with Crippen LogP contribution in [0.4, 0.5) is 5.82 Å². The SMILES string of the molecule is CCCNc1cc(OCCOCCC)nc(C)n1. The van der Waals surface area contributed by atoms with Crippen LogP contribution in [-0.2, 0) is 4.74 Å². The quantitative estimate of drug-likeness (QED) is 0.685. The van der Waals surface area contributed by atoms with Gasteiger partial charge in [0.15, 0.2) is 0 Å². The Hall–Kier alpha value is -1.36. The molecule has 0 spiro atoms. The van der Waals surface area contributed by atoms with E-state index in [1.54, 1.807) is 0 Å². The Balaban J connectivity index is 2.41. The van der Waals surface area contributed by atoms with Crippen LogP contribution in [0.15, 0.2) is 6.07 Å². The van der Waals surface area contributed by atoms with Crippen molar-refractivity contribution in [2.24, 2.45) is 0 Å². The van der Waals surface area contributed by atoms with Crippen LogP contribution in [0.25, 0.3) is 0 Å². The maximum absolute atomic E-state index is 5.54. The van der Waals surface area contributed by atoms with Crippen LogP contribution < -0.4 is 10.1 Å². The Bertz CT molecular complexity index is 345. The highest BCUT2D eigenvalue weighted by Gasteiger charge is 2.02. The predicted octanol–water partition coefficient (Wildman–Crippen LogP) is 2.41. The van der Waals surface area contributed by atoms with Gasteiger partial charge in [0.2, 0.25) is 5.88 Å². The molecule has 18 heavy (non-hydrogen) atoms. The van der Waals surface area contributed by atoms with Crippen molar-refractivity contribution in [1.29, 1.82) is 0 Å². The Morgan fingerprint density at radius 3 is 2.67 bits per heavy atom. The number of rotatable bonds is 9. The Kier molecular flexibility index (Phi) is 7.10. The van der Waals surface area contributed by atoms with Crippen LogP contribution in [0.2, 0.25) is 0 Å². The summed E-state index contributed by atoms with van der Waals surface area (Å²) in [7, 11) is 0. The minimum atomic E-state index is 0.518. The average molecular weight is 253 g/mol. The van der Waals surface area contributed by atoms with Gasteiger partial charge in [-0.3, -0.25) is 0 Å². The van der Waals surface area contributed by atoms with Gasteiger partial charge in [-0.15, -0.1) is 0 Å². The first-order chi connectivity index (χ1) is 8.76. The zero-order valence-electron chi connectivity index (χ0n) is 11.5. The lowest BCUT2D eigenvalue weighted by atomic mass is 10.4. The molecule has 102 valence electrons. The van der Waals surface area contributed by atoms with Gasteiger partial charge in [-0.2, -0.15) is 4.98 Å². The molecule has 0 saturated carbocycles. The van der Waals surface area contributed by atoms with Crippen molar-refractivity contribution < 1.29 is 9.47 Å². The highest BCUT2D eigenvalue weighted by molar-refractivity contribution is 5.38. The molecule has 0 aliphatic rings. The summed E-state index contributed by atoms with van der Waals surface area (Å²) >= 11 is 0. The number of hydrogen-bond donors (Lipinski definition) is 1. The molecule has 0 amide bonds. The van der Waals surface area contributed by atoms with Gasteiger partial charge in [-0.05, 0) is 19.8 Å². The number of nitrogens with zero attached hydrogens (tertiary/aromatic N) is 2. The molecule has 1 aromatic heterocycles. The third-order valence-electron chi connectivity index (χ3n) is 2.20. The van der Waals surface area contributed by atoms with Crippen LogP contribution in [0.3, 0.4) is 0 Å². The maximum Gasteiger partial charge on any atom is 0.218 e. The number of aromatic nitrogens is 2. The van der Waals surface area contributed by atoms with Crippen LogP contribution in [0, 0.1) is 6.92 Å². The fourth-order valence-electron chi connectivity index (χ4n) is 1.41. The molecule has 1 aromatic rings. The third-order valence-corrected chi connectivity index (χ3v) is 2.20. The Labute approximate surface area is 109 Å². The molecule has 0 aliphatic carbocycles. The zero-order valence-corrected chi connectivity index (χ0v) is 11.5. The van der Waals surface area contributed by atoms with Crippen molar-refractivity contribution in [3.8, 4) is 5.88 Å². The molecule has 0 aliphatic heterocycles. The molecule has 5 heteroatoms. The maximum atomic E-state index is 5.54. The molecule has 0 aromatic carbocycles. The van der Waals surface area contributed by atoms with Crippen molar-refractivity contribution >= 4 is 5.82 Å². The van der Waals surface area contributed by atoms with Crippen LogP contribution in [-0.4, -0.2) is 36.3 Å². The van der Waals surface area contributed by atoms with Crippen molar-refractivity contribution in [2.45, 2.75) is 33.6 Å². The van der Waals surface area contributed by atoms with Crippen LogP contribution >= 0.6 is 0 Å². The summed E-state index contributed by atoms with van der Waals surface area (Å²) in [4.78, 5) is 8.53. The normalized spacial score (nSPS) is 10.4. The number of nitrogens with one attached hydrogen (secondary N) is 1. The monoisotopic (exact) mass is 253 g/mol. The van der Waals surface area contributed by atoms with E-state index in [1.807, 2.05) is 13.0 Å². The van der Waals surface area contributed by atoms with Gasteiger partial charge in [-0.1, -0.05) is 13.8 Å². The highest BCUT2D eigenvalue weighted by Crippen LogP contribution is 2.13. The van der Waals surface area contributed by atoms with Crippen molar-refractivity contribution in [3.05, 3.63) is 11.9 Å². The van der Waals surface area contributed by atoms with Crippen molar-refractivity contribution in [1.82, 2.24) is 9.97 Å². The molecule has 1 heterocycles. The molecule has 0 saturated heterocycles. The van der Waals surface area contributed by atoms with E-state index in [4.69, 9.17) is 9.47 Å². The van der Waals surface area contributed by atoms with Gasteiger partial charge in [0.05, 0.1) is 6.61 Å². The molecule has 0 radical (unpaired) electrons. The lowest BCUT2D eigenvalue weighted by Crippen LogP contribution is -2.10. The first-order valence-electron chi connectivity index (χ1n) is 6.56. The molecular formula is C13H23N3O2. The molecule has 0 unspecified atom stereocenters. The van der Waals surface area contributed by atoms with Gasteiger partial charge >= 0.3 is 0 Å². The van der Waals surface area contributed by atoms with Gasteiger partial charge in [0.25, 0.3) is 0 Å². The molecule has 0 fully saturated rings. The summed E-state index contributed by atoms with van der Waals surface area (Å²) in [6, 6.07) is 1.82. The van der Waals surface area contributed by atoms with Gasteiger partial charge < -0.3 is 14.8 Å². The summed E-state index contributed by atoms with van der Waals surface area (Å²) in [6.07, 6.45) is 2.09. The van der Waals surface area contributed by atoms with E-state index in [-0.39, 0.29) is 0 Å². The molecule has 1 N–H and O–H groups in total. The van der Waals surface area contributed by atoms with Gasteiger partial charge in [0, 0.05) is 19.2 Å². The largest absolute Gasteiger partial charge is 0.475 e. The molecule has 0 bridgehead atoms. The van der Waals surface area contributed by atoms with Crippen molar-refractivity contribution in [2.75, 3.05) is 31.7 Å². The number of anilines is 1. The van der Waals surface area contributed by atoms with E-state index in [0.29, 0.717) is 24.9 Å². The predicted molar refractivity (Wildman–Crippen MR) is 72.2 cm³/mol. The van der Waals surface area contributed by atoms with Crippen LogP contribution in [0.1, 0.15) is 32.5 Å². The summed E-state index contributed by atoms with van der Waals surface area (Å²) in [5, 5.41) is 3.22. The first kappa shape index (κ1) is 14.7. The number of aryl methyl sites for hydroxylation is 1. The summed E-state index contributed by atoms with van der Waals surface area (Å²) in [5.74, 6) is 2.12. The second kappa shape index (κ2) is 8.69. The highest BCUT2D eigenvalue weighted by atomic mass is 16.5. The van der Waals surface area contributed by atoms with Gasteiger partial charge in [0.1, 0.15) is 18.2 Å². The molecule has 0 atom stereocenters. The lowest BCUT2D eigenvalue weighted by molar-refractivity contribution is 0.0989. The van der Waals surface area contributed by atoms with E-state index in [0.717, 1.165) is 31.8 Å². The smallest absolute Gasteiger partial charge is 0.218 e. The van der Waals surface area contributed by atoms with Gasteiger partial charge in [-0.25, -0.2) is 4.98 Å². The number of ether oxygens (including phenoxy) is 2. The Morgan fingerprint density at radius 2 is 1.94 bits per heavy atom. The summed E-state index contributed by atoms with van der Waals surface area (Å²) in [5.41, 5.74) is 0. The second-order valence-corrected chi connectivity index (χ2v) is 4.03. The fourth-order valence-corrected chi connectivity index (χ4v) is 1.41. The van der Waals surface area contributed by atoms with E-state index in [2.05, 4.69) is 29.1 Å². The third kappa shape index (κ3) is 5.82. The van der Waals surface area contributed by atoms with Crippen molar-refractivity contribution in [3.63, 3.8) is 0 Å². The lowest BCUT2D eigenvalue weighted by Gasteiger charge is -2.09. The second-order valence-electron chi connectivity index (χ2n) is 4.03. The molecular weight excluding hydrogens is 230 g/mol. The summed E-state index contributed by atoms with van der Waals surface area (Å²) in [6.45, 7) is 8.84. The topological polar surface area (TPSA) is 56.3 Å². The Morgan fingerprint density at radius 1 is 1.11 bits per heavy atom. The van der Waals surface area contributed by atoms with E-state index < -0.39 is 0 Å². The molecule has 1 rings (SSSR count). The fraction of sp³-hybridized carbons (Fsp3) is 0.692. The summed E-state index contributed by atoms with van der Waals surface area (Å²) < 4.78 is 10.9. The average Bonchev–Trinajstić information content (AvgIpc) is 2.35. The van der Waals surface area contributed by atoms with Crippen LogP contribution in [0.5, 0.6) is 5.88 Å². The number of hydrogen-bond acceptors (Lipinski definition) is 5. The van der Waals surface area contributed by atoms with E-state index >= 15 is 0 Å².